The van der Waals surface area contributed by atoms with E-state index in [0.29, 0.717) is 11.6 Å². The van der Waals surface area contributed by atoms with Gasteiger partial charge in [0, 0.05) is 19.2 Å². The zero-order valence-corrected chi connectivity index (χ0v) is 11.5. The Kier molecular flexibility index (Phi) is 3.41. The van der Waals surface area contributed by atoms with Crippen molar-refractivity contribution >= 4 is 5.91 Å². The highest BCUT2D eigenvalue weighted by molar-refractivity contribution is 5.92. The second kappa shape index (κ2) is 5.36. The van der Waals surface area contributed by atoms with E-state index >= 15 is 0 Å². The Labute approximate surface area is 117 Å². The summed E-state index contributed by atoms with van der Waals surface area (Å²) in [7, 11) is 1.58. The Morgan fingerprint density at radius 3 is 2.55 bits per heavy atom. The fraction of sp³-hybridized carbons (Fsp3) is 0.333. The van der Waals surface area contributed by atoms with Crippen LogP contribution in [0.1, 0.15) is 23.3 Å². The van der Waals surface area contributed by atoms with Crippen LogP contribution in [0, 0.1) is 0 Å². The quantitative estimate of drug-likeness (QED) is 0.859. The Bertz CT molecular complexity index is 601. The van der Waals surface area contributed by atoms with Gasteiger partial charge >= 0.3 is 0 Å². The number of hydrogen-bond acceptors (Lipinski definition) is 3. The summed E-state index contributed by atoms with van der Waals surface area (Å²) in [5.74, 6) is 0.550. The lowest BCUT2D eigenvalue weighted by atomic mass is 10.3. The number of likely N-dealkylation sites (tertiary alicyclic amines) is 1. The van der Waals surface area contributed by atoms with Gasteiger partial charge < -0.3 is 9.64 Å². The number of benzene rings is 1. The Hall–Kier alpha value is -2.30. The van der Waals surface area contributed by atoms with Crippen molar-refractivity contribution < 1.29 is 9.53 Å². The molecule has 2 heterocycles. The predicted octanol–water partition coefficient (Wildman–Crippen LogP) is 2.12. The first-order valence-corrected chi connectivity index (χ1v) is 6.78. The van der Waals surface area contributed by atoms with E-state index in [2.05, 4.69) is 5.10 Å². The van der Waals surface area contributed by atoms with E-state index < -0.39 is 0 Å². The highest BCUT2D eigenvalue weighted by atomic mass is 16.5. The Morgan fingerprint density at radius 2 is 1.90 bits per heavy atom. The largest absolute Gasteiger partial charge is 0.481 e. The number of ether oxygens (including phenoxy) is 1. The predicted molar refractivity (Wildman–Crippen MR) is 75.3 cm³/mol. The van der Waals surface area contributed by atoms with Gasteiger partial charge in [-0.3, -0.25) is 4.79 Å². The average molecular weight is 271 g/mol. The molecule has 20 heavy (non-hydrogen) atoms. The zero-order valence-electron chi connectivity index (χ0n) is 11.5. The number of carbonyl (C=O) groups excluding carboxylic acids is 1. The van der Waals surface area contributed by atoms with Crippen molar-refractivity contribution in [3.63, 3.8) is 0 Å². The molecule has 2 aromatic rings. The number of hydrogen-bond donors (Lipinski definition) is 0. The third-order valence-electron chi connectivity index (χ3n) is 3.50. The molecule has 0 bridgehead atoms. The van der Waals surface area contributed by atoms with E-state index in [1.807, 2.05) is 35.2 Å². The number of methoxy groups -OCH3 is 1. The summed E-state index contributed by atoms with van der Waals surface area (Å²) in [6.45, 7) is 1.64. The molecular formula is C15H17N3O2. The van der Waals surface area contributed by atoms with Gasteiger partial charge in [-0.1, -0.05) is 18.2 Å². The maximum atomic E-state index is 12.4. The van der Waals surface area contributed by atoms with Crippen molar-refractivity contribution in [1.29, 1.82) is 0 Å². The van der Waals surface area contributed by atoms with Gasteiger partial charge in [0.15, 0.2) is 5.69 Å². The molecule has 0 radical (unpaired) electrons. The average Bonchev–Trinajstić information content (AvgIpc) is 3.17. The summed E-state index contributed by atoms with van der Waals surface area (Å²) < 4.78 is 6.98. The molecule has 0 atom stereocenters. The number of carbonyl (C=O) groups is 1. The minimum Gasteiger partial charge on any atom is -0.481 e. The third-order valence-corrected chi connectivity index (χ3v) is 3.50. The van der Waals surface area contributed by atoms with Crippen LogP contribution in [0.15, 0.2) is 36.4 Å². The first-order chi connectivity index (χ1) is 9.79. The lowest BCUT2D eigenvalue weighted by Crippen LogP contribution is -2.28. The van der Waals surface area contributed by atoms with Crippen LogP contribution in [-0.4, -0.2) is 40.8 Å². The first kappa shape index (κ1) is 12.7. The fourth-order valence-corrected chi connectivity index (χ4v) is 2.45. The van der Waals surface area contributed by atoms with E-state index in [9.17, 15) is 4.79 Å². The van der Waals surface area contributed by atoms with Crippen molar-refractivity contribution in [3.8, 4) is 11.6 Å². The second-order valence-corrected chi connectivity index (χ2v) is 4.82. The number of aromatic nitrogens is 2. The maximum absolute atomic E-state index is 12.4. The number of amides is 1. The summed E-state index contributed by atoms with van der Waals surface area (Å²) in [5, 5.41) is 4.40. The molecule has 1 aromatic carbocycles. The fourth-order valence-electron chi connectivity index (χ4n) is 2.45. The second-order valence-electron chi connectivity index (χ2n) is 4.82. The molecule has 0 N–H and O–H groups in total. The van der Waals surface area contributed by atoms with Crippen LogP contribution in [0.2, 0.25) is 0 Å². The summed E-state index contributed by atoms with van der Waals surface area (Å²) in [5.41, 5.74) is 1.32. The van der Waals surface area contributed by atoms with Gasteiger partial charge in [-0.25, -0.2) is 4.68 Å². The summed E-state index contributed by atoms with van der Waals surface area (Å²) in [6, 6.07) is 11.4. The molecule has 0 saturated carbocycles. The van der Waals surface area contributed by atoms with Crippen molar-refractivity contribution in [3.05, 3.63) is 42.1 Å². The lowest BCUT2D eigenvalue weighted by molar-refractivity contribution is 0.0786. The van der Waals surface area contributed by atoms with E-state index in [1.54, 1.807) is 17.9 Å². The number of nitrogens with zero attached hydrogens (tertiary/aromatic N) is 3. The first-order valence-electron chi connectivity index (χ1n) is 6.78. The van der Waals surface area contributed by atoms with Crippen LogP contribution in [0.4, 0.5) is 0 Å². The lowest BCUT2D eigenvalue weighted by Gasteiger charge is -2.12. The van der Waals surface area contributed by atoms with Gasteiger partial charge in [0.05, 0.1) is 12.8 Å². The summed E-state index contributed by atoms with van der Waals surface area (Å²) in [6.07, 6.45) is 2.14. The van der Waals surface area contributed by atoms with Gasteiger partial charge in [0.2, 0.25) is 5.88 Å². The van der Waals surface area contributed by atoms with Crippen LogP contribution in [0.5, 0.6) is 5.88 Å². The van der Waals surface area contributed by atoms with E-state index in [-0.39, 0.29) is 5.91 Å². The van der Waals surface area contributed by atoms with Crippen LogP contribution >= 0.6 is 0 Å². The van der Waals surface area contributed by atoms with Crippen LogP contribution in [0.25, 0.3) is 5.69 Å². The number of rotatable bonds is 3. The molecule has 0 aliphatic carbocycles. The van der Waals surface area contributed by atoms with E-state index in [0.717, 1.165) is 31.6 Å². The van der Waals surface area contributed by atoms with Crippen LogP contribution < -0.4 is 4.74 Å². The van der Waals surface area contributed by atoms with E-state index in [4.69, 9.17) is 4.74 Å². The minimum absolute atomic E-state index is 0.0181. The zero-order chi connectivity index (χ0) is 13.9. The molecule has 1 amide bonds. The normalized spacial score (nSPS) is 14.6. The molecular weight excluding hydrogens is 254 g/mol. The summed E-state index contributed by atoms with van der Waals surface area (Å²) >= 11 is 0. The molecule has 1 aliphatic rings. The van der Waals surface area contributed by atoms with Gasteiger partial charge in [-0.15, -0.1) is 0 Å². The Morgan fingerprint density at radius 1 is 1.20 bits per heavy atom. The Balaban J connectivity index is 1.94. The molecule has 3 rings (SSSR count). The maximum Gasteiger partial charge on any atom is 0.274 e. The van der Waals surface area contributed by atoms with Crippen molar-refractivity contribution in [2.24, 2.45) is 0 Å². The van der Waals surface area contributed by atoms with Gasteiger partial charge in [-0.05, 0) is 25.0 Å². The molecule has 1 aromatic heterocycles. The van der Waals surface area contributed by atoms with Gasteiger partial charge in [-0.2, -0.15) is 5.10 Å². The highest BCUT2D eigenvalue weighted by Crippen LogP contribution is 2.21. The summed E-state index contributed by atoms with van der Waals surface area (Å²) in [4.78, 5) is 14.2. The smallest absolute Gasteiger partial charge is 0.274 e. The minimum atomic E-state index is -0.0181. The molecule has 5 nitrogen and oxygen atoms in total. The van der Waals surface area contributed by atoms with Crippen molar-refractivity contribution in [2.45, 2.75) is 12.8 Å². The van der Waals surface area contributed by atoms with E-state index in [1.165, 1.54) is 0 Å². The third kappa shape index (κ3) is 2.27. The molecule has 5 heteroatoms. The standard InChI is InChI=1S/C15H17N3O2/c1-20-14-11-13(15(19)17-9-5-6-10-17)16-18(14)12-7-3-2-4-8-12/h2-4,7-8,11H,5-6,9-10H2,1H3. The van der Waals surface area contributed by atoms with Gasteiger partial charge in [0.25, 0.3) is 5.91 Å². The molecule has 0 unspecified atom stereocenters. The molecule has 1 saturated heterocycles. The highest BCUT2D eigenvalue weighted by Gasteiger charge is 2.23. The SMILES string of the molecule is COc1cc(C(=O)N2CCCC2)nn1-c1ccccc1. The molecule has 1 fully saturated rings. The van der Waals surface area contributed by atoms with Crippen LogP contribution in [0.3, 0.4) is 0 Å². The monoisotopic (exact) mass is 271 g/mol. The topological polar surface area (TPSA) is 47.4 Å². The van der Waals surface area contributed by atoms with Crippen molar-refractivity contribution in [1.82, 2.24) is 14.7 Å². The molecule has 104 valence electrons. The number of para-hydroxylation sites is 1. The van der Waals surface area contributed by atoms with Crippen molar-refractivity contribution in [2.75, 3.05) is 20.2 Å². The molecule has 0 spiro atoms. The van der Waals surface area contributed by atoms with Crippen LogP contribution in [-0.2, 0) is 0 Å². The molecule has 1 aliphatic heterocycles. The van der Waals surface area contributed by atoms with Gasteiger partial charge in [0.1, 0.15) is 0 Å².